The smallest absolute Gasteiger partial charge is 0.121 e. The van der Waals surface area contributed by atoms with Gasteiger partial charge in [0.05, 0.1) is 0 Å². The zero-order chi connectivity index (χ0) is 27.9. The number of aryl methyl sites for hydroxylation is 2. The fourth-order valence-corrected chi connectivity index (χ4v) is 5.24. The first kappa shape index (κ1) is 25.7. The quantitative estimate of drug-likeness (QED) is 0.155. The molecule has 0 atom stereocenters. The first-order chi connectivity index (χ1) is 18.6. The van der Waals surface area contributed by atoms with Crippen molar-refractivity contribution in [1.29, 1.82) is 0 Å². The lowest BCUT2D eigenvalue weighted by Crippen LogP contribution is -2.26. The highest BCUT2D eigenvalue weighted by molar-refractivity contribution is 5.72. The molecule has 5 aromatic rings. The second kappa shape index (κ2) is 9.76. The van der Waals surface area contributed by atoms with Crippen LogP contribution in [0.4, 0.5) is 0 Å². The van der Waals surface area contributed by atoms with Crippen molar-refractivity contribution in [3.63, 3.8) is 0 Å². The van der Waals surface area contributed by atoms with Gasteiger partial charge in [-0.05, 0) is 108 Å². The van der Waals surface area contributed by atoms with E-state index in [9.17, 15) is 25.5 Å². The van der Waals surface area contributed by atoms with Gasteiger partial charge in [-0.2, -0.15) is 0 Å². The third-order valence-corrected chi connectivity index (χ3v) is 7.54. The van der Waals surface area contributed by atoms with E-state index in [1.165, 1.54) is 0 Å². The van der Waals surface area contributed by atoms with E-state index in [1.807, 2.05) is 57.2 Å². The SMILES string of the molecule is Cc1cc(C(C)(c2cc(-c3ccc(O)cc3)ccc2O)c2cc(-c3ccc(O)cc3)ccc2O)cc(C)c1O. The van der Waals surface area contributed by atoms with Crippen LogP contribution in [0.3, 0.4) is 0 Å². The standard InChI is InChI=1S/C34H30O5/c1-20-16-26(17-21(2)33(20)39)34(3,29-18-24(8-14-31(29)37)22-4-10-27(35)11-5-22)30-19-25(9-15-32(30)38)23-6-12-28(36)13-7-23/h4-19,35-39H,1-3H3. The lowest BCUT2D eigenvalue weighted by atomic mass is 9.68. The first-order valence-electron chi connectivity index (χ1n) is 12.6. The van der Waals surface area contributed by atoms with E-state index >= 15 is 0 Å². The minimum Gasteiger partial charge on any atom is -0.508 e. The van der Waals surface area contributed by atoms with E-state index in [2.05, 4.69) is 0 Å². The monoisotopic (exact) mass is 518 g/mol. The minimum absolute atomic E-state index is 0.0536. The van der Waals surface area contributed by atoms with Crippen LogP contribution in [0, 0.1) is 13.8 Å². The summed E-state index contributed by atoms with van der Waals surface area (Å²) in [6.07, 6.45) is 0. The lowest BCUT2D eigenvalue weighted by molar-refractivity contribution is 0.441. The van der Waals surface area contributed by atoms with E-state index in [1.54, 1.807) is 60.7 Å². The van der Waals surface area contributed by atoms with Gasteiger partial charge in [-0.15, -0.1) is 0 Å². The molecule has 0 amide bonds. The van der Waals surface area contributed by atoms with Crippen molar-refractivity contribution in [2.75, 3.05) is 0 Å². The van der Waals surface area contributed by atoms with E-state index < -0.39 is 5.41 Å². The highest BCUT2D eigenvalue weighted by atomic mass is 16.3. The van der Waals surface area contributed by atoms with Gasteiger partial charge in [0, 0.05) is 16.5 Å². The third-order valence-electron chi connectivity index (χ3n) is 7.54. The van der Waals surface area contributed by atoms with E-state index in [0.29, 0.717) is 22.3 Å². The summed E-state index contributed by atoms with van der Waals surface area (Å²) in [4.78, 5) is 0. The van der Waals surface area contributed by atoms with Crippen LogP contribution in [0.25, 0.3) is 22.3 Å². The summed E-state index contributed by atoms with van der Waals surface area (Å²) in [5.41, 5.74) is 5.60. The fourth-order valence-electron chi connectivity index (χ4n) is 5.24. The number of phenolic OH excluding ortho intramolecular Hbond substituents is 5. The molecule has 5 heteroatoms. The molecule has 0 heterocycles. The molecule has 0 saturated heterocycles. The van der Waals surface area contributed by atoms with Crippen LogP contribution in [0.5, 0.6) is 28.7 Å². The highest BCUT2D eigenvalue weighted by Crippen LogP contribution is 2.49. The molecule has 5 nitrogen and oxygen atoms in total. The highest BCUT2D eigenvalue weighted by Gasteiger charge is 2.37. The Kier molecular flexibility index (Phi) is 6.44. The van der Waals surface area contributed by atoms with Gasteiger partial charge < -0.3 is 25.5 Å². The Bertz CT molecular complexity index is 1550. The first-order valence-corrected chi connectivity index (χ1v) is 12.6. The summed E-state index contributed by atoms with van der Waals surface area (Å²) in [5.74, 6) is 0.628. The minimum atomic E-state index is -1.04. The summed E-state index contributed by atoms with van der Waals surface area (Å²) in [5, 5.41) is 52.6. The Morgan fingerprint density at radius 2 is 0.821 bits per heavy atom. The Hall–Kier alpha value is -4.90. The molecule has 0 aliphatic carbocycles. The third kappa shape index (κ3) is 4.64. The molecule has 0 bridgehead atoms. The molecule has 5 rings (SSSR count). The molecule has 0 aliphatic heterocycles. The number of aromatic hydroxyl groups is 5. The number of phenols is 5. The molecule has 0 fully saturated rings. The summed E-state index contributed by atoms with van der Waals surface area (Å²) in [7, 11) is 0. The molecule has 0 aliphatic rings. The Morgan fingerprint density at radius 3 is 1.21 bits per heavy atom. The maximum atomic E-state index is 11.3. The van der Waals surface area contributed by atoms with Gasteiger partial charge >= 0.3 is 0 Å². The van der Waals surface area contributed by atoms with Crippen LogP contribution in [-0.2, 0) is 5.41 Å². The normalized spacial score (nSPS) is 11.5. The van der Waals surface area contributed by atoms with Crippen LogP contribution in [0.2, 0.25) is 0 Å². The van der Waals surface area contributed by atoms with Gasteiger partial charge in [0.25, 0.3) is 0 Å². The molecular formula is C34H30O5. The number of hydrogen-bond acceptors (Lipinski definition) is 5. The Morgan fingerprint density at radius 1 is 0.462 bits per heavy atom. The lowest BCUT2D eigenvalue weighted by Gasteiger charge is -2.34. The average Bonchev–Trinajstić information content (AvgIpc) is 2.92. The molecule has 5 aromatic carbocycles. The van der Waals surface area contributed by atoms with Gasteiger partial charge in [0.2, 0.25) is 0 Å². The number of rotatable bonds is 5. The van der Waals surface area contributed by atoms with Crippen LogP contribution in [0.1, 0.15) is 34.7 Å². The van der Waals surface area contributed by atoms with Gasteiger partial charge in [0.15, 0.2) is 0 Å². The average molecular weight is 519 g/mol. The number of benzene rings is 5. The summed E-state index contributed by atoms with van der Waals surface area (Å²) < 4.78 is 0. The maximum Gasteiger partial charge on any atom is 0.121 e. The van der Waals surface area contributed by atoms with Crippen molar-refractivity contribution in [1.82, 2.24) is 0 Å². The molecule has 0 saturated carbocycles. The molecule has 0 unspecified atom stereocenters. The molecule has 0 aromatic heterocycles. The van der Waals surface area contributed by atoms with Crippen LogP contribution in [0.15, 0.2) is 97.1 Å². The molecule has 0 spiro atoms. The van der Waals surface area contributed by atoms with Crippen LogP contribution < -0.4 is 0 Å². The van der Waals surface area contributed by atoms with Crippen molar-refractivity contribution in [2.24, 2.45) is 0 Å². The van der Waals surface area contributed by atoms with Crippen molar-refractivity contribution in [2.45, 2.75) is 26.2 Å². The zero-order valence-electron chi connectivity index (χ0n) is 22.0. The molecule has 0 radical (unpaired) electrons. The number of hydrogen-bond donors (Lipinski definition) is 5. The van der Waals surface area contributed by atoms with E-state index in [4.69, 9.17) is 0 Å². The van der Waals surface area contributed by atoms with Crippen molar-refractivity contribution in [3.8, 4) is 51.0 Å². The summed E-state index contributed by atoms with van der Waals surface area (Å²) in [6, 6.07) is 28.1. The van der Waals surface area contributed by atoms with Crippen LogP contribution >= 0.6 is 0 Å². The second-order valence-electron chi connectivity index (χ2n) is 10.1. The molecule has 5 N–H and O–H groups in total. The second-order valence-corrected chi connectivity index (χ2v) is 10.1. The largest absolute Gasteiger partial charge is 0.508 e. The topological polar surface area (TPSA) is 101 Å². The predicted molar refractivity (Wildman–Crippen MR) is 154 cm³/mol. The van der Waals surface area contributed by atoms with Crippen LogP contribution in [-0.4, -0.2) is 25.5 Å². The zero-order valence-corrected chi connectivity index (χ0v) is 22.0. The maximum absolute atomic E-state index is 11.3. The molecule has 196 valence electrons. The molecular weight excluding hydrogens is 488 g/mol. The van der Waals surface area contributed by atoms with Crippen molar-refractivity contribution in [3.05, 3.63) is 125 Å². The van der Waals surface area contributed by atoms with Crippen molar-refractivity contribution < 1.29 is 25.5 Å². The van der Waals surface area contributed by atoms with Gasteiger partial charge in [-0.25, -0.2) is 0 Å². The van der Waals surface area contributed by atoms with Crippen molar-refractivity contribution >= 4 is 0 Å². The van der Waals surface area contributed by atoms with E-state index in [0.717, 1.165) is 27.8 Å². The van der Waals surface area contributed by atoms with Gasteiger partial charge in [-0.1, -0.05) is 48.5 Å². The van der Waals surface area contributed by atoms with E-state index in [-0.39, 0.29) is 28.7 Å². The van der Waals surface area contributed by atoms with Gasteiger partial charge in [-0.3, -0.25) is 0 Å². The summed E-state index contributed by atoms with van der Waals surface area (Å²) in [6.45, 7) is 5.60. The molecule has 39 heavy (non-hydrogen) atoms. The predicted octanol–water partition coefficient (Wildman–Crippen LogP) is 7.52. The Balaban J connectivity index is 1.81. The summed E-state index contributed by atoms with van der Waals surface area (Å²) >= 11 is 0. The fraction of sp³-hybridized carbons (Fsp3) is 0.118. The Labute approximate surface area is 227 Å². The van der Waals surface area contributed by atoms with Gasteiger partial charge in [0.1, 0.15) is 28.7 Å².